The van der Waals surface area contributed by atoms with E-state index in [1.165, 1.54) is 12.4 Å². The molecule has 3 aromatic heterocycles. The van der Waals surface area contributed by atoms with E-state index < -0.39 is 12.8 Å². The molecule has 0 radical (unpaired) electrons. The van der Waals surface area contributed by atoms with Gasteiger partial charge < -0.3 is 20.9 Å². The van der Waals surface area contributed by atoms with Gasteiger partial charge in [-0.2, -0.15) is 4.98 Å². The number of nitrogen functional groups attached to an aromatic ring is 1. The largest absolute Gasteiger partial charge is 0.461 e. The van der Waals surface area contributed by atoms with Gasteiger partial charge >= 0.3 is 0 Å². The summed E-state index contributed by atoms with van der Waals surface area (Å²) in [6.45, 7) is 0.676. The van der Waals surface area contributed by atoms with Crippen LogP contribution in [0.15, 0.2) is 29.3 Å². The lowest BCUT2D eigenvalue weighted by atomic mass is 9.92. The van der Waals surface area contributed by atoms with E-state index >= 15 is 0 Å². The number of nitrogens with two attached hydrogens (primary N) is 2. The van der Waals surface area contributed by atoms with Crippen LogP contribution in [-0.2, 0) is 9.53 Å². The van der Waals surface area contributed by atoms with Crippen LogP contribution in [0.3, 0.4) is 0 Å². The standard InChI is InChI=1S/C22H25FN6O4/c1-12-17-7-18(13-6-16(33-11-23)9-26-8-13)21(31)29(20(17)28-22(25)27-12)14-2-4-15(5-3-14)32-10-19(24)30/h6-9,14-15H,2-5,10-11H2,1H3,(H2,24,30)(H2,25,27,28). The van der Waals surface area contributed by atoms with Crippen LogP contribution in [0.2, 0.25) is 0 Å². The Labute approximate surface area is 188 Å². The highest BCUT2D eigenvalue weighted by Gasteiger charge is 2.27. The van der Waals surface area contributed by atoms with E-state index in [0.29, 0.717) is 53.5 Å². The molecule has 0 spiro atoms. The predicted molar refractivity (Wildman–Crippen MR) is 119 cm³/mol. The molecule has 33 heavy (non-hydrogen) atoms. The Bertz CT molecular complexity index is 1240. The molecule has 1 amide bonds. The molecule has 1 saturated carbocycles. The predicted octanol–water partition coefficient (Wildman–Crippen LogP) is 2.04. The third-order valence-electron chi connectivity index (χ3n) is 5.82. The minimum absolute atomic E-state index is 0.0828. The summed E-state index contributed by atoms with van der Waals surface area (Å²) in [5.74, 6) is -0.208. The molecule has 174 valence electrons. The molecular weight excluding hydrogens is 431 g/mol. The summed E-state index contributed by atoms with van der Waals surface area (Å²) >= 11 is 0. The van der Waals surface area contributed by atoms with Crippen LogP contribution in [0, 0.1) is 6.92 Å². The molecule has 4 rings (SSSR count). The first-order chi connectivity index (χ1) is 15.9. The summed E-state index contributed by atoms with van der Waals surface area (Å²) in [5, 5.41) is 0.683. The minimum atomic E-state index is -1.000. The molecule has 4 N–H and O–H groups in total. The number of primary amides is 1. The van der Waals surface area contributed by atoms with Crippen molar-refractivity contribution in [1.82, 2.24) is 19.5 Å². The van der Waals surface area contributed by atoms with Crippen LogP contribution >= 0.6 is 0 Å². The fourth-order valence-electron chi connectivity index (χ4n) is 4.30. The Balaban J connectivity index is 1.78. The Kier molecular flexibility index (Phi) is 6.50. The molecule has 1 fully saturated rings. The molecule has 0 unspecified atom stereocenters. The number of pyridine rings is 2. The van der Waals surface area contributed by atoms with Gasteiger partial charge in [0, 0.05) is 28.8 Å². The molecule has 0 saturated heterocycles. The Morgan fingerprint density at radius 1 is 1.21 bits per heavy atom. The van der Waals surface area contributed by atoms with Crippen molar-refractivity contribution in [2.75, 3.05) is 19.2 Å². The molecular formula is C22H25FN6O4. The number of aryl methyl sites for hydroxylation is 1. The van der Waals surface area contributed by atoms with Crippen molar-refractivity contribution in [3.63, 3.8) is 0 Å². The SMILES string of the molecule is Cc1nc(N)nc2c1cc(-c1cncc(OCF)c1)c(=O)n2C1CCC(OCC(N)=O)CC1. The summed E-state index contributed by atoms with van der Waals surface area (Å²) in [4.78, 5) is 37.4. The molecule has 3 aromatic rings. The van der Waals surface area contributed by atoms with Crippen molar-refractivity contribution >= 4 is 22.9 Å². The number of hydrogen-bond acceptors (Lipinski definition) is 8. The lowest BCUT2D eigenvalue weighted by Crippen LogP contribution is -2.33. The van der Waals surface area contributed by atoms with Crippen LogP contribution in [0.5, 0.6) is 5.75 Å². The third kappa shape index (κ3) is 4.77. The highest BCUT2D eigenvalue weighted by atomic mass is 19.1. The zero-order valence-electron chi connectivity index (χ0n) is 18.2. The molecule has 0 aliphatic heterocycles. The number of anilines is 1. The molecule has 1 aliphatic rings. The van der Waals surface area contributed by atoms with Crippen LogP contribution in [0.1, 0.15) is 37.4 Å². The molecule has 0 atom stereocenters. The lowest BCUT2D eigenvalue weighted by molar-refractivity contribution is -0.125. The van der Waals surface area contributed by atoms with Crippen molar-refractivity contribution in [3.05, 3.63) is 40.6 Å². The van der Waals surface area contributed by atoms with Crippen molar-refractivity contribution in [3.8, 4) is 16.9 Å². The van der Waals surface area contributed by atoms with E-state index in [1.807, 2.05) is 0 Å². The molecule has 0 aromatic carbocycles. The van der Waals surface area contributed by atoms with Gasteiger partial charge in [-0.3, -0.25) is 19.1 Å². The van der Waals surface area contributed by atoms with Crippen molar-refractivity contribution in [1.29, 1.82) is 0 Å². The maximum atomic E-state index is 13.7. The third-order valence-corrected chi connectivity index (χ3v) is 5.82. The summed E-state index contributed by atoms with van der Waals surface area (Å²) in [5.41, 5.74) is 12.8. The van der Waals surface area contributed by atoms with Crippen molar-refractivity contribution in [2.24, 2.45) is 5.73 Å². The van der Waals surface area contributed by atoms with Crippen molar-refractivity contribution < 1.29 is 18.7 Å². The normalized spacial score (nSPS) is 18.4. The van der Waals surface area contributed by atoms with Gasteiger partial charge in [-0.25, -0.2) is 9.37 Å². The van der Waals surface area contributed by atoms with Gasteiger partial charge in [-0.05, 0) is 44.7 Å². The van der Waals surface area contributed by atoms with Gasteiger partial charge in [0.25, 0.3) is 5.56 Å². The highest BCUT2D eigenvalue weighted by molar-refractivity contribution is 5.84. The zero-order valence-corrected chi connectivity index (χ0v) is 18.2. The van der Waals surface area contributed by atoms with E-state index in [4.69, 9.17) is 20.9 Å². The van der Waals surface area contributed by atoms with E-state index in [-0.39, 0.29) is 36.0 Å². The molecule has 3 heterocycles. The Hall–Kier alpha value is -3.60. The quantitative estimate of drug-likeness (QED) is 0.549. The number of nitrogens with zero attached hydrogens (tertiary/aromatic N) is 4. The van der Waals surface area contributed by atoms with E-state index in [2.05, 4.69) is 15.0 Å². The van der Waals surface area contributed by atoms with E-state index in [1.54, 1.807) is 23.6 Å². The van der Waals surface area contributed by atoms with Gasteiger partial charge in [0.15, 0.2) is 0 Å². The van der Waals surface area contributed by atoms with Gasteiger partial charge in [0.1, 0.15) is 18.0 Å². The number of hydrogen-bond donors (Lipinski definition) is 2. The first kappa shape index (κ1) is 22.6. The summed E-state index contributed by atoms with van der Waals surface area (Å²) in [7, 11) is 0. The summed E-state index contributed by atoms with van der Waals surface area (Å²) in [6.07, 6.45) is 5.43. The molecule has 11 heteroatoms. The van der Waals surface area contributed by atoms with Gasteiger partial charge in [0.2, 0.25) is 18.7 Å². The van der Waals surface area contributed by atoms with Crippen LogP contribution < -0.4 is 21.8 Å². The molecule has 0 bridgehead atoms. The summed E-state index contributed by atoms with van der Waals surface area (Å²) in [6, 6.07) is 3.13. The van der Waals surface area contributed by atoms with Crippen LogP contribution in [0.25, 0.3) is 22.2 Å². The average Bonchev–Trinajstić information content (AvgIpc) is 2.78. The second-order valence-electron chi connectivity index (χ2n) is 8.01. The number of amides is 1. The number of aromatic nitrogens is 4. The maximum absolute atomic E-state index is 13.7. The topological polar surface area (TPSA) is 148 Å². The first-order valence-electron chi connectivity index (χ1n) is 10.6. The number of rotatable bonds is 7. The number of alkyl halides is 1. The average molecular weight is 456 g/mol. The minimum Gasteiger partial charge on any atom is -0.461 e. The van der Waals surface area contributed by atoms with Gasteiger partial charge in [-0.15, -0.1) is 0 Å². The molecule has 1 aliphatic carbocycles. The maximum Gasteiger partial charge on any atom is 0.260 e. The van der Waals surface area contributed by atoms with Gasteiger partial charge in [-0.1, -0.05) is 0 Å². The first-order valence-corrected chi connectivity index (χ1v) is 10.6. The number of carbonyl (C=O) groups is 1. The lowest BCUT2D eigenvalue weighted by Gasteiger charge is -2.30. The summed E-state index contributed by atoms with van der Waals surface area (Å²) < 4.78 is 24.8. The van der Waals surface area contributed by atoms with Crippen molar-refractivity contribution in [2.45, 2.75) is 44.8 Å². The van der Waals surface area contributed by atoms with E-state index in [9.17, 15) is 14.0 Å². The number of halogens is 1. The highest BCUT2D eigenvalue weighted by Crippen LogP contribution is 2.33. The zero-order chi connectivity index (χ0) is 23.5. The van der Waals surface area contributed by atoms with Crippen LogP contribution in [-0.4, -0.2) is 45.0 Å². The number of carbonyl (C=O) groups excluding carboxylic acids is 1. The van der Waals surface area contributed by atoms with Crippen LogP contribution in [0.4, 0.5) is 10.3 Å². The van der Waals surface area contributed by atoms with Gasteiger partial charge in [0.05, 0.1) is 18.0 Å². The number of fused-ring (bicyclic) bond motifs is 1. The second-order valence-corrected chi connectivity index (χ2v) is 8.01. The second kappa shape index (κ2) is 9.49. The fraction of sp³-hybridized carbons (Fsp3) is 0.409. The smallest absolute Gasteiger partial charge is 0.260 e. The Morgan fingerprint density at radius 3 is 2.67 bits per heavy atom. The fourth-order valence-corrected chi connectivity index (χ4v) is 4.30. The monoisotopic (exact) mass is 456 g/mol. The van der Waals surface area contributed by atoms with E-state index in [0.717, 1.165) is 0 Å². The number of ether oxygens (including phenoxy) is 2. The Morgan fingerprint density at radius 2 is 1.97 bits per heavy atom. The molecule has 10 nitrogen and oxygen atoms in total.